The second-order valence-corrected chi connectivity index (χ2v) is 9.86. The van der Waals surface area contributed by atoms with Gasteiger partial charge in [0.05, 0.1) is 29.3 Å². The Kier molecular flexibility index (Phi) is 10.1. The number of rotatable bonds is 8. The number of hydrogen-bond acceptors (Lipinski definition) is 12. The van der Waals surface area contributed by atoms with Crippen molar-refractivity contribution in [3.8, 4) is 29.0 Å². The molecule has 2 aromatic carbocycles. The number of phenols is 1. The van der Waals surface area contributed by atoms with E-state index in [2.05, 4.69) is 25.0 Å². The smallest absolute Gasteiger partial charge is 0.269 e. The van der Waals surface area contributed by atoms with Crippen LogP contribution < -0.4 is 25.2 Å². The third kappa shape index (κ3) is 6.38. The lowest BCUT2D eigenvalue weighted by atomic mass is 10.1. The van der Waals surface area contributed by atoms with Gasteiger partial charge in [0, 0.05) is 44.9 Å². The van der Waals surface area contributed by atoms with Crippen molar-refractivity contribution in [3.05, 3.63) is 64.7 Å². The van der Waals surface area contributed by atoms with Crippen molar-refractivity contribution in [2.24, 2.45) is 0 Å². The molecule has 3 heterocycles. The summed E-state index contributed by atoms with van der Waals surface area (Å²) in [6.07, 6.45) is 4.34. The fourth-order valence-corrected chi connectivity index (χ4v) is 4.61. The number of anilines is 2. The highest BCUT2D eigenvalue weighted by molar-refractivity contribution is 7.98. The lowest BCUT2D eigenvalue weighted by Gasteiger charge is -2.27. The van der Waals surface area contributed by atoms with Crippen molar-refractivity contribution < 1.29 is 14.2 Å². The molecule has 0 spiro atoms. The van der Waals surface area contributed by atoms with E-state index in [1.165, 1.54) is 53.6 Å². The summed E-state index contributed by atoms with van der Waals surface area (Å²) in [5, 5.41) is 24.0. The Bertz CT molecular complexity index is 1640. The third-order valence-electron chi connectivity index (χ3n) is 6.36. The summed E-state index contributed by atoms with van der Waals surface area (Å²) in [4.78, 5) is 28.6. The molecule has 0 radical (unpaired) electrons. The van der Waals surface area contributed by atoms with Gasteiger partial charge in [-0.25, -0.2) is 23.6 Å². The van der Waals surface area contributed by atoms with Gasteiger partial charge in [0.25, 0.3) is 5.56 Å². The van der Waals surface area contributed by atoms with Gasteiger partial charge < -0.3 is 24.8 Å². The minimum atomic E-state index is -0.805. The Morgan fingerprint density at radius 3 is 2.57 bits per heavy atom. The van der Waals surface area contributed by atoms with Crippen molar-refractivity contribution in [1.82, 2.24) is 29.1 Å². The molecule has 1 saturated heterocycles. The molecule has 3 N–H and O–H groups in total. The minimum Gasteiger partial charge on any atom is -0.504 e. The average Bonchev–Trinajstić information content (AvgIpc) is 3.03. The van der Waals surface area contributed by atoms with E-state index < -0.39 is 17.1 Å². The number of nitriles is 1. The minimum absolute atomic E-state index is 0.0955. The largest absolute Gasteiger partial charge is 0.504 e. The lowest BCUT2D eigenvalue weighted by molar-refractivity contribution is 0.398. The van der Waals surface area contributed by atoms with E-state index in [4.69, 9.17) is 4.74 Å². The predicted molar refractivity (Wildman–Crippen MR) is 162 cm³/mol. The second-order valence-electron chi connectivity index (χ2n) is 8.85. The van der Waals surface area contributed by atoms with Crippen LogP contribution in [0.1, 0.15) is 26.3 Å². The maximum atomic E-state index is 14.8. The van der Waals surface area contributed by atoms with Crippen LogP contribution in [0.4, 0.5) is 16.0 Å². The molecule has 0 saturated carbocycles. The third-order valence-corrected chi connectivity index (χ3v) is 7.24. The Labute approximate surface area is 247 Å². The molecule has 0 unspecified atom stereocenters. The van der Waals surface area contributed by atoms with E-state index in [0.717, 1.165) is 38.8 Å². The standard InChI is InChI=1S/C26H26FN9O3S.C2H6/c1-3-34(2)40-33-19-5-4-18(27)24(17(19)12-28)39-21-7-6-20-22(23(21)37)25(38)36(15-32-20)16-13-30-26(31-14-16)35-10-8-29-9-11-35;1-2/h4-7,13-15,29,33,37H,3,8-11H2,1-2H3;1-2H3. The van der Waals surface area contributed by atoms with Crippen LogP contribution in [0.25, 0.3) is 16.6 Å². The Morgan fingerprint density at radius 2 is 1.90 bits per heavy atom. The molecule has 0 aliphatic carbocycles. The van der Waals surface area contributed by atoms with Gasteiger partial charge in [0.2, 0.25) is 5.95 Å². The number of piperazine rings is 1. The van der Waals surface area contributed by atoms with Crippen molar-refractivity contribution in [2.45, 2.75) is 20.8 Å². The van der Waals surface area contributed by atoms with E-state index >= 15 is 0 Å². The number of nitrogens with one attached hydrogen (secondary N) is 2. The highest BCUT2D eigenvalue weighted by Gasteiger charge is 2.21. The number of halogens is 1. The van der Waals surface area contributed by atoms with Gasteiger partial charge in [-0.05, 0) is 31.3 Å². The zero-order valence-electron chi connectivity index (χ0n) is 23.8. The molecular weight excluding hydrogens is 561 g/mol. The van der Waals surface area contributed by atoms with E-state index in [9.17, 15) is 19.6 Å². The molecule has 14 heteroatoms. The Morgan fingerprint density at radius 1 is 1.19 bits per heavy atom. The number of aromatic nitrogens is 4. The van der Waals surface area contributed by atoms with Gasteiger partial charge in [0.1, 0.15) is 23.3 Å². The molecule has 5 rings (SSSR count). The van der Waals surface area contributed by atoms with Crippen molar-refractivity contribution in [3.63, 3.8) is 0 Å². The average molecular weight is 594 g/mol. The molecule has 1 aliphatic heterocycles. The van der Waals surface area contributed by atoms with Crippen LogP contribution in [-0.4, -0.2) is 68.7 Å². The van der Waals surface area contributed by atoms with Crippen molar-refractivity contribution in [1.29, 1.82) is 5.26 Å². The van der Waals surface area contributed by atoms with Crippen LogP contribution in [-0.2, 0) is 0 Å². The molecule has 0 amide bonds. The zero-order chi connectivity index (χ0) is 30.2. The summed E-state index contributed by atoms with van der Waals surface area (Å²) in [5.74, 6) is -1.38. The first kappa shape index (κ1) is 30.5. The first-order valence-corrected chi connectivity index (χ1v) is 14.2. The molecule has 0 atom stereocenters. The fraction of sp³-hybridized carbons (Fsp3) is 0.321. The van der Waals surface area contributed by atoms with Crippen LogP contribution in [0.2, 0.25) is 0 Å². The molecule has 1 aliphatic rings. The lowest BCUT2D eigenvalue weighted by Crippen LogP contribution is -2.44. The SMILES string of the molecule is CC.CCN(C)SNc1ccc(F)c(Oc2ccc3ncn(-c4cnc(N5CCNCC5)nc4)c(=O)c3c2O)c1C#N. The number of benzene rings is 2. The number of phenolic OH excluding ortho intramolecular Hbond substituents is 1. The van der Waals surface area contributed by atoms with E-state index in [1.54, 1.807) is 0 Å². The van der Waals surface area contributed by atoms with Crippen LogP contribution in [0.3, 0.4) is 0 Å². The number of hydrogen-bond donors (Lipinski definition) is 3. The second kappa shape index (κ2) is 13.9. The van der Waals surface area contributed by atoms with Crippen LogP contribution in [0, 0.1) is 17.1 Å². The summed E-state index contributed by atoms with van der Waals surface area (Å²) < 4.78 is 26.6. The topological polar surface area (TPSA) is 144 Å². The van der Waals surface area contributed by atoms with E-state index in [1.807, 2.05) is 43.1 Å². The number of aromatic hydroxyl groups is 1. The molecule has 2 aromatic heterocycles. The highest BCUT2D eigenvalue weighted by Crippen LogP contribution is 2.39. The summed E-state index contributed by atoms with van der Waals surface area (Å²) in [6.45, 7) is 9.90. The molecule has 42 heavy (non-hydrogen) atoms. The van der Waals surface area contributed by atoms with Crippen molar-refractivity contribution in [2.75, 3.05) is 49.4 Å². The molecule has 220 valence electrons. The van der Waals surface area contributed by atoms with Crippen LogP contribution >= 0.6 is 12.1 Å². The van der Waals surface area contributed by atoms with Crippen LogP contribution in [0.5, 0.6) is 17.2 Å². The number of fused-ring (bicyclic) bond motifs is 1. The summed E-state index contributed by atoms with van der Waals surface area (Å²) in [6, 6.07) is 7.37. The first-order chi connectivity index (χ1) is 20.4. The molecule has 0 bridgehead atoms. The maximum Gasteiger partial charge on any atom is 0.269 e. The van der Waals surface area contributed by atoms with E-state index in [0.29, 0.717) is 17.3 Å². The summed E-state index contributed by atoms with van der Waals surface area (Å²) in [7, 11) is 1.85. The van der Waals surface area contributed by atoms with Crippen LogP contribution in [0.15, 0.2) is 47.8 Å². The maximum absolute atomic E-state index is 14.8. The monoisotopic (exact) mass is 593 g/mol. The predicted octanol–water partition coefficient (Wildman–Crippen LogP) is 4.05. The fourth-order valence-electron chi connectivity index (χ4n) is 4.06. The van der Waals surface area contributed by atoms with Gasteiger partial charge >= 0.3 is 0 Å². The van der Waals surface area contributed by atoms with Gasteiger partial charge in [0.15, 0.2) is 23.1 Å². The summed E-state index contributed by atoms with van der Waals surface area (Å²) in [5.41, 5.74) is 0.205. The van der Waals surface area contributed by atoms with Crippen molar-refractivity contribution >= 4 is 34.7 Å². The Hall–Kier alpha value is -4.45. The number of ether oxygens (including phenoxy) is 1. The summed E-state index contributed by atoms with van der Waals surface area (Å²) >= 11 is 1.23. The van der Waals surface area contributed by atoms with E-state index in [-0.39, 0.29) is 28.0 Å². The Balaban J connectivity index is 0.00000198. The van der Waals surface area contributed by atoms with Gasteiger partial charge in [-0.1, -0.05) is 20.8 Å². The van der Waals surface area contributed by atoms with Gasteiger partial charge in [-0.3, -0.25) is 9.36 Å². The zero-order valence-corrected chi connectivity index (χ0v) is 24.6. The molecule has 1 fully saturated rings. The van der Waals surface area contributed by atoms with Gasteiger partial charge in [-0.2, -0.15) is 5.26 Å². The normalized spacial score (nSPS) is 12.9. The first-order valence-electron chi connectivity index (χ1n) is 13.5. The number of nitrogens with zero attached hydrogens (tertiary/aromatic N) is 7. The highest BCUT2D eigenvalue weighted by atomic mass is 32.2. The quantitative estimate of drug-likeness (QED) is 0.254. The van der Waals surface area contributed by atoms with Gasteiger partial charge in [-0.15, -0.1) is 0 Å². The molecule has 4 aromatic rings. The molecular formula is C28H32FN9O3S. The molecule has 12 nitrogen and oxygen atoms in total.